The van der Waals surface area contributed by atoms with E-state index < -0.39 is 77.6 Å². The lowest BCUT2D eigenvalue weighted by atomic mass is 9.89. The number of carbonyl (C=O) groups excluding carboxylic acids is 4. The zero-order chi connectivity index (χ0) is 62.0. The van der Waals surface area contributed by atoms with Crippen molar-refractivity contribution in [3.63, 3.8) is 0 Å². The largest absolute Gasteiger partial charge is 0.459 e. The van der Waals surface area contributed by atoms with E-state index in [-0.39, 0.29) is 44.3 Å². The summed E-state index contributed by atoms with van der Waals surface area (Å²) < 4.78 is 34.5. The van der Waals surface area contributed by atoms with E-state index in [1.54, 1.807) is 0 Å². The van der Waals surface area contributed by atoms with Crippen LogP contribution in [0.1, 0.15) is 290 Å². The number of alkyl halides is 3. The molecule has 0 unspecified atom stereocenters. The zero-order valence-electron chi connectivity index (χ0n) is 53.4. The molecule has 0 aromatic heterocycles. The van der Waals surface area contributed by atoms with Crippen molar-refractivity contribution in [1.82, 2.24) is 10.6 Å². The molecule has 0 spiro atoms. The third-order valence-corrected chi connectivity index (χ3v) is 16.6. The highest BCUT2D eigenvalue weighted by atomic mass is 35.6. The van der Waals surface area contributed by atoms with Gasteiger partial charge in [0.2, 0.25) is 9.70 Å². The molecule has 4 N–H and O–H groups in total. The van der Waals surface area contributed by atoms with E-state index in [0.29, 0.717) is 26.1 Å². The molecule has 1 aliphatic heterocycles. The monoisotopic (exact) mass is 1260 g/mol. The minimum Gasteiger partial charge on any atom is -0.459 e. The third kappa shape index (κ3) is 41.5. The van der Waals surface area contributed by atoms with Gasteiger partial charge in [-0.2, -0.15) is 0 Å². The number of halogens is 3. The van der Waals surface area contributed by atoms with E-state index in [2.05, 4.69) is 38.3 Å². The van der Waals surface area contributed by atoms with Gasteiger partial charge in [-0.05, 0) is 44.1 Å². The number of unbranched alkanes of at least 4 members (excludes halogenated alkanes) is 30. The fourth-order valence-electron chi connectivity index (χ4n) is 11.1. The van der Waals surface area contributed by atoms with Crippen LogP contribution < -0.4 is 10.6 Å². The molecule has 2 amide bonds. The van der Waals surface area contributed by atoms with Gasteiger partial charge < -0.3 is 49.3 Å². The molecule has 2 rings (SSSR count). The smallest absolute Gasteiger partial charge is 0.407 e. The quantitative estimate of drug-likeness (QED) is 0.0209. The van der Waals surface area contributed by atoms with Gasteiger partial charge in [0.1, 0.15) is 31.5 Å². The molecule has 0 radical (unpaired) electrons. The topological polar surface area (TPSA) is 188 Å². The fourth-order valence-corrected chi connectivity index (χ4v) is 11.3. The van der Waals surface area contributed by atoms with Crippen LogP contribution in [0, 0.1) is 0 Å². The number of aliphatic hydroxyl groups is 2. The van der Waals surface area contributed by atoms with Crippen LogP contribution in [0.25, 0.3) is 0 Å². The summed E-state index contributed by atoms with van der Waals surface area (Å²) >= 11 is 17.9. The van der Waals surface area contributed by atoms with E-state index in [9.17, 15) is 29.4 Å². The number of aliphatic hydroxyl groups excluding tert-OH is 2. The lowest BCUT2D eigenvalue weighted by molar-refractivity contribution is -0.212. The Morgan fingerprint density at radius 3 is 1.45 bits per heavy atom. The second kappa shape index (κ2) is 52.4. The maximum atomic E-state index is 14.2. The molecule has 0 aliphatic carbocycles. The van der Waals surface area contributed by atoms with E-state index in [4.69, 9.17) is 63.2 Å². The second-order valence-electron chi connectivity index (χ2n) is 24.1. The summed E-state index contributed by atoms with van der Waals surface area (Å²) in [6.45, 7) is 8.58. The average Bonchev–Trinajstić information content (AvgIpc) is 2.20. The molecule has 1 aromatic rings. The Balaban J connectivity index is 2.38. The summed E-state index contributed by atoms with van der Waals surface area (Å²) in [5.74, 6) is -1.75. The zero-order valence-corrected chi connectivity index (χ0v) is 55.7. The molecule has 17 heteroatoms. The van der Waals surface area contributed by atoms with Gasteiger partial charge in [0.15, 0.2) is 6.10 Å². The summed E-state index contributed by atoms with van der Waals surface area (Å²) in [6.07, 6.45) is 33.2. The Bertz CT molecular complexity index is 1740. The number of hydrogen-bond donors (Lipinski definition) is 4. The second-order valence-corrected chi connectivity index (χ2v) is 26.6. The number of alkyl carbamates (subject to hydrolysis) is 1. The van der Waals surface area contributed by atoms with E-state index >= 15 is 0 Å². The van der Waals surface area contributed by atoms with Crippen molar-refractivity contribution in [2.45, 2.75) is 344 Å². The molecule has 0 saturated carbocycles. The predicted octanol–water partition coefficient (Wildman–Crippen LogP) is 17.2. The number of amides is 2. The normalized spacial score (nSPS) is 18.2. The Morgan fingerprint density at radius 2 is 1.00 bits per heavy atom. The van der Waals surface area contributed by atoms with E-state index in [0.717, 1.165) is 82.6 Å². The summed E-state index contributed by atoms with van der Waals surface area (Å²) in [7, 11) is 0. The fraction of sp³-hybridized carbons (Fsp3) is 0.853. The molecule has 85 heavy (non-hydrogen) atoms. The minimum absolute atomic E-state index is 0.0371. The highest BCUT2D eigenvalue weighted by molar-refractivity contribution is 6.67. The number of esters is 2. The van der Waals surface area contributed by atoms with Gasteiger partial charge in [-0.3, -0.25) is 9.59 Å². The van der Waals surface area contributed by atoms with Crippen LogP contribution in [0.4, 0.5) is 4.79 Å². The number of ether oxygens (including phenoxy) is 6. The van der Waals surface area contributed by atoms with Crippen molar-refractivity contribution in [2.75, 3.05) is 26.4 Å². The average molecular weight is 1260 g/mol. The number of hydrogen-bond acceptors (Lipinski definition) is 12. The molecular formula is C68H119Cl3N2O12. The molecule has 1 aliphatic rings. The molecule has 14 nitrogen and oxygen atoms in total. The summed E-state index contributed by atoms with van der Waals surface area (Å²) in [5.41, 5.74) is 0.753. The number of nitrogens with one attached hydrogen (secondary N) is 2. The molecule has 1 aromatic carbocycles. The molecule has 8 atom stereocenters. The van der Waals surface area contributed by atoms with Crippen LogP contribution in [0.5, 0.6) is 0 Å². The van der Waals surface area contributed by atoms with Gasteiger partial charge in [0, 0.05) is 13.2 Å². The molecule has 1 fully saturated rings. The van der Waals surface area contributed by atoms with Crippen LogP contribution in [-0.4, -0.2) is 113 Å². The first-order chi connectivity index (χ1) is 41.2. The highest BCUT2D eigenvalue weighted by Crippen LogP contribution is 2.30. The van der Waals surface area contributed by atoms with Gasteiger partial charge >= 0.3 is 18.0 Å². The Labute approximate surface area is 530 Å². The predicted molar refractivity (Wildman–Crippen MR) is 345 cm³/mol. The van der Waals surface area contributed by atoms with Crippen molar-refractivity contribution in [3.8, 4) is 0 Å². The summed E-state index contributed by atoms with van der Waals surface area (Å²) in [4.78, 5) is 56.2. The van der Waals surface area contributed by atoms with Gasteiger partial charge in [0.25, 0.3) is 0 Å². The summed E-state index contributed by atoms with van der Waals surface area (Å²) in [6, 6.07) is 6.71. The first-order valence-corrected chi connectivity index (χ1v) is 35.2. The van der Waals surface area contributed by atoms with Crippen LogP contribution in [0.3, 0.4) is 0 Å². The van der Waals surface area contributed by atoms with Gasteiger partial charge in [-0.1, -0.05) is 298 Å². The molecule has 494 valence electrons. The lowest BCUT2D eigenvalue weighted by Gasteiger charge is -2.44. The van der Waals surface area contributed by atoms with Crippen LogP contribution in [0.15, 0.2) is 30.3 Å². The lowest BCUT2D eigenvalue weighted by Crippen LogP contribution is -2.65. The molecule has 1 heterocycles. The SMILES string of the molecule is CCCCCCCCCCC[C@H](CC(=O)N[C@@H](CC[C@@H]1O[C@H](CO)[C@@H](O)[C@H](OC(=O)C[C@@H](CCCCCCCCCCC)OCCCCCCCCCC)[C@H]1NC(=O)OCC(Cl)(Cl)Cl)C(=O)OCc1ccccc1)OCCCCCCCCCC. The Morgan fingerprint density at radius 1 is 0.565 bits per heavy atom. The van der Waals surface area contributed by atoms with Gasteiger partial charge in [-0.15, -0.1) is 0 Å². The number of rotatable bonds is 55. The standard InChI is InChI=1S/C68H119Cl3N2O12/c1-5-9-13-17-21-25-27-31-38-44-56(80-48-40-33-29-23-19-15-11-7-3)50-61(75)72-58(66(78)82-53-55-42-36-35-37-43-55)46-47-59-63(73-67(79)83-54-68(69,70)71)65(64(77)60(52-74)84-59)85-62(76)51-57(45-39-32-28-26-22-18-14-10-6-2)81-49-41-34-30-24-20-16-12-8-4/h35-37,42-43,56-60,63-65,74,77H,5-34,38-41,44-54H2,1-4H3,(H,72,75)(H,73,79)/t56-,57-,58+,59+,60-,63+,64-,65-/m1/s1. The van der Waals surface area contributed by atoms with Crippen molar-refractivity contribution in [1.29, 1.82) is 0 Å². The van der Waals surface area contributed by atoms with Crippen LogP contribution in [0.2, 0.25) is 0 Å². The first kappa shape index (κ1) is 78.7. The van der Waals surface area contributed by atoms with Crippen molar-refractivity contribution < 1.29 is 57.8 Å². The Hall–Kier alpha value is -2.43. The van der Waals surface area contributed by atoms with Crippen LogP contribution >= 0.6 is 34.8 Å². The summed E-state index contributed by atoms with van der Waals surface area (Å²) in [5, 5.41) is 28.1. The molecular weight excluding hydrogens is 1140 g/mol. The molecule has 0 bridgehead atoms. The van der Waals surface area contributed by atoms with Gasteiger partial charge in [0.05, 0.1) is 43.8 Å². The van der Waals surface area contributed by atoms with Crippen molar-refractivity contribution >= 4 is 58.7 Å². The maximum Gasteiger partial charge on any atom is 0.407 e. The van der Waals surface area contributed by atoms with Crippen molar-refractivity contribution in [3.05, 3.63) is 35.9 Å². The minimum atomic E-state index is -1.96. The van der Waals surface area contributed by atoms with Crippen molar-refractivity contribution in [2.24, 2.45) is 0 Å². The first-order valence-electron chi connectivity index (χ1n) is 34.1. The van der Waals surface area contributed by atoms with E-state index in [1.807, 2.05) is 30.3 Å². The number of carbonyl (C=O) groups is 4. The van der Waals surface area contributed by atoms with Crippen LogP contribution in [-0.2, 0) is 49.4 Å². The number of benzene rings is 1. The third-order valence-electron chi connectivity index (χ3n) is 16.3. The van der Waals surface area contributed by atoms with Gasteiger partial charge in [-0.25, -0.2) is 9.59 Å². The van der Waals surface area contributed by atoms with E-state index in [1.165, 1.54) is 141 Å². The Kier molecular flexibility index (Phi) is 48.5. The highest BCUT2D eigenvalue weighted by Gasteiger charge is 2.48. The maximum absolute atomic E-state index is 14.2. The molecule has 1 saturated heterocycles.